The Hall–Kier alpha value is -3.61. The number of aryl methyl sites for hydroxylation is 1. The lowest BCUT2D eigenvalue weighted by Gasteiger charge is -2.33. The van der Waals surface area contributed by atoms with Crippen molar-refractivity contribution in [2.24, 2.45) is 0 Å². The van der Waals surface area contributed by atoms with Gasteiger partial charge in [0.05, 0.1) is 13.0 Å². The Morgan fingerprint density at radius 1 is 1.07 bits per heavy atom. The molecule has 29 heavy (non-hydrogen) atoms. The smallest absolute Gasteiger partial charge is 0.248 e. The third-order valence-corrected chi connectivity index (χ3v) is 5.37. The van der Waals surface area contributed by atoms with Crippen LogP contribution in [0.3, 0.4) is 0 Å². The summed E-state index contributed by atoms with van der Waals surface area (Å²) < 4.78 is 1.86. The maximum atomic E-state index is 12.6. The molecule has 2 aliphatic heterocycles. The number of carbonyl (C=O) groups excluding carboxylic acids is 1. The molecule has 5 rings (SSSR count). The van der Waals surface area contributed by atoms with Crippen LogP contribution in [0.15, 0.2) is 65.9 Å². The van der Waals surface area contributed by atoms with Gasteiger partial charge >= 0.3 is 0 Å². The van der Waals surface area contributed by atoms with Crippen molar-refractivity contribution in [3.8, 4) is 0 Å². The zero-order chi connectivity index (χ0) is 19.8. The topological polar surface area (TPSA) is 75.1 Å². The predicted molar refractivity (Wildman–Crippen MR) is 112 cm³/mol. The van der Waals surface area contributed by atoms with Crippen LogP contribution in [-0.2, 0) is 17.9 Å². The van der Waals surface area contributed by atoms with Crippen LogP contribution in [0.5, 0.6) is 0 Å². The van der Waals surface area contributed by atoms with Gasteiger partial charge in [0.1, 0.15) is 0 Å². The lowest BCUT2D eigenvalue weighted by molar-refractivity contribution is -0.131. The second-order valence-corrected chi connectivity index (χ2v) is 7.48. The van der Waals surface area contributed by atoms with E-state index in [1.807, 2.05) is 59.0 Å². The summed E-state index contributed by atoms with van der Waals surface area (Å²) in [5, 5.41) is 11.2. The van der Waals surface area contributed by atoms with Gasteiger partial charge in [-0.15, -0.1) is 5.10 Å². The molecule has 0 atom stereocenters. The van der Waals surface area contributed by atoms with E-state index in [0.717, 1.165) is 22.5 Å². The van der Waals surface area contributed by atoms with Crippen LogP contribution in [0.2, 0.25) is 0 Å². The van der Waals surface area contributed by atoms with Gasteiger partial charge < -0.3 is 15.5 Å². The molecule has 146 valence electrons. The Morgan fingerprint density at radius 2 is 1.86 bits per heavy atom. The van der Waals surface area contributed by atoms with Gasteiger partial charge in [0.25, 0.3) is 0 Å². The first-order valence-corrected chi connectivity index (χ1v) is 9.73. The molecule has 3 heterocycles. The molecular weight excluding hydrogens is 364 g/mol. The van der Waals surface area contributed by atoms with Gasteiger partial charge in [0.15, 0.2) is 0 Å². The molecule has 2 aliphatic rings. The van der Waals surface area contributed by atoms with Gasteiger partial charge in [0.2, 0.25) is 17.8 Å². The molecule has 0 aliphatic carbocycles. The van der Waals surface area contributed by atoms with Crippen LogP contribution in [0.1, 0.15) is 17.5 Å². The van der Waals surface area contributed by atoms with E-state index in [0.29, 0.717) is 38.0 Å². The highest BCUT2D eigenvalue weighted by Crippen LogP contribution is 2.29. The zero-order valence-electron chi connectivity index (χ0n) is 16.2. The van der Waals surface area contributed by atoms with Crippen LogP contribution >= 0.6 is 0 Å². The number of fused-ring (bicyclic) bond motifs is 1. The molecule has 3 aromatic rings. The largest absolute Gasteiger partial charge is 0.334 e. The van der Waals surface area contributed by atoms with Crippen molar-refractivity contribution in [1.29, 1.82) is 0 Å². The van der Waals surface area contributed by atoms with Gasteiger partial charge in [-0.3, -0.25) is 4.79 Å². The second kappa shape index (κ2) is 7.09. The summed E-state index contributed by atoms with van der Waals surface area (Å²) in [7, 11) is 0. The molecule has 0 unspecified atom stereocenters. The molecule has 2 aromatic carbocycles. The van der Waals surface area contributed by atoms with Crippen LogP contribution < -0.4 is 10.6 Å². The van der Waals surface area contributed by atoms with E-state index in [1.165, 1.54) is 5.57 Å². The van der Waals surface area contributed by atoms with Crippen molar-refractivity contribution in [2.45, 2.75) is 26.4 Å². The van der Waals surface area contributed by atoms with Crippen LogP contribution in [-0.4, -0.2) is 32.1 Å². The third kappa shape index (κ3) is 3.47. The summed E-state index contributed by atoms with van der Waals surface area (Å²) in [6.07, 6.45) is 0.371. The summed E-state index contributed by atoms with van der Waals surface area (Å²) in [5.74, 6) is 1.35. The van der Waals surface area contributed by atoms with Crippen LogP contribution in [0.4, 0.5) is 17.6 Å². The lowest BCUT2D eigenvalue weighted by atomic mass is 10.0. The number of para-hydroxylation sites is 1. The van der Waals surface area contributed by atoms with Gasteiger partial charge in [-0.2, -0.15) is 4.98 Å². The molecule has 0 saturated carbocycles. The monoisotopic (exact) mass is 386 g/mol. The number of amides is 1. The summed E-state index contributed by atoms with van der Waals surface area (Å²) >= 11 is 0. The number of hydrogen-bond acceptors (Lipinski definition) is 5. The molecule has 0 fully saturated rings. The van der Waals surface area contributed by atoms with Crippen molar-refractivity contribution in [1.82, 2.24) is 19.7 Å². The molecule has 2 N–H and O–H groups in total. The Kier molecular flexibility index (Phi) is 4.27. The first-order valence-electron chi connectivity index (χ1n) is 9.73. The fraction of sp³-hybridized carbons (Fsp3) is 0.227. The molecule has 1 amide bonds. The van der Waals surface area contributed by atoms with Gasteiger partial charge in [-0.1, -0.05) is 48.5 Å². The van der Waals surface area contributed by atoms with Gasteiger partial charge in [-0.05, 0) is 29.7 Å². The van der Waals surface area contributed by atoms with E-state index in [1.54, 1.807) is 0 Å². The Balaban J connectivity index is 1.32. The Bertz CT molecular complexity index is 1100. The van der Waals surface area contributed by atoms with E-state index in [4.69, 9.17) is 0 Å². The Labute approximate surface area is 169 Å². The van der Waals surface area contributed by atoms with Gasteiger partial charge in [0, 0.05) is 24.5 Å². The molecule has 0 spiro atoms. The normalized spacial score (nSPS) is 15.6. The molecule has 7 heteroatoms. The standard InChI is InChI=1S/C22H22N6O/c1-15-7-5-6-10-18(15)23-21-25-22-24-19-11-20(29)27(12-16-8-3-2-4-9-16)13-17(19)14-28(22)26-21/h2-10H,11-14H2,1H3,(H2,23,24,25,26). The van der Waals surface area contributed by atoms with Crippen molar-refractivity contribution in [3.05, 3.63) is 77.0 Å². The average molecular weight is 386 g/mol. The van der Waals surface area contributed by atoms with Crippen molar-refractivity contribution in [2.75, 3.05) is 17.2 Å². The Morgan fingerprint density at radius 3 is 2.69 bits per heavy atom. The van der Waals surface area contributed by atoms with E-state index in [2.05, 4.69) is 32.8 Å². The number of carbonyl (C=O) groups is 1. The van der Waals surface area contributed by atoms with E-state index < -0.39 is 0 Å². The molecule has 0 saturated heterocycles. The SMILES string of the molecule is Cc1ccccc1Nc1nc2n(n1)CC1=C(CC(=O)N(Cc3ccccc3)C1)N2. The van der Waals surface area contributed by atoms with Gasteiger partial charge in [-0.25, -0.2) is 4.68 Å². The third-order valence-electron chi connectivity index (χ3n) is 5.37. The van der Waals surface area contributed by atoms with Crippen molar-refractivity contribution < 1.29 is 4.79 Å². The summed E-state index contributed by atoms with van der Waals surface area (Å²) in [6.45, 7) is 3.92. The first kappa shape index (κ1) is 17.5. The first-order chi connectivity index (χ1) is 14.2. The second-order valence-electron chi connectivity index (χ2n) is 7.48. The average Bonchev–Trinajstić information content (AvgIpc) is 3.10. The lowest BCUT2D eigenvalue weighted by Crippen LogP contribution is -2.40. The minimum Gasteiger partial charge on any atom is -0.334 e. The van der Waals surface area contributed by atoms with Crippen LogP contribution in [0.25, 0.3) is 0 Å². The number of hydrogen-bond donors (Lipinski definition) is 2. The highest BCUT2D eigenvalue weighted by Gasteiger charge is 2.30. The predicted octanol–water partition coefficient (Wildman–Crippen LogP) is 3.44. The van der Waals surface area contributed by atoms with Crippen molar-refractivity contribution in [3.63, 3.8) is 0 Å². The fourth-order valence-corrected chi connectivity index (χ4v) is 3.78. The summed E-state index contributed by atoms with van der Waals surface area (Å²) in [4.78, 5) is 19.1. The summed E-state index contributed by atoms with van der Waals surface area (Å²) in [5.41, 5.74) is 5.40. The van der Waals surface area contributed by atoms with E-state index >= 15 is 0 Å². The molecule has 0 radical (unpaired) electrons. The number of anilines is 3. The maximum Gasteiger partial charge on any atom is 0.248 e. The minimum atomic E-state index is 0.131. The fourth-order valence-electron chi connectivity index (χ4n) is 3.78. The van der Waals surface area contributed by atoms with Crippen LogP contribution in [0, 0.1) is 6.92 Å². The number of nitrogens with one attached hydrogen (secondary N) is 2. The minimum absolute atomic E-state index is 0.131. The zero-order valence-corrected chi connectivity index (χ0v) is 16.2. The number of benzene rings is 2. The highest BCUT2D eigenvalue weighted by atomic mass is 16.2. The number of aromatic nitrogens is 3. The number of rotatable bonds is 4. The number of nitrogens with zero attached hydrogens (tertiary/aromatic N) is 4. The quantitative estimate of drug-likeness (QED) is 0.718. The van der Waals surface area contributed by atoms with Crippen molar-refractivity contribution >= 4 is 23.5 Å². The van der Waals surface area contributed by atoms with E-state index in [9.17, 15) is 4.79 Å². The summed E-state index contributed by atoms with van der Waals surface area (Å²) in [6, 6.07) is 18.1. The molecule has 7 nitrogen and oxygen atoms in total. The maximum absolute atomic E-state index is 12.6. The van der Waals surface area contributed by atoms with E-state index in [-0.39, 0.29) is 5.91 Å². The molecule has 0 bridgehead atoms. The highest BCUT2D eigenvalue weighted by molar-refractivity contribution is 5.82. The molecule has 1 aromatic heterocycles. The molecular formula is C22H22N6O.